The van der Waals surface area contributed by atoms with Gasteiger partial charge in [0.2, 0.25) is 21.8 Å². The third-order valence-corrected chi connectivity index (χ3v) is 7.05. The van der Waals surface area contributed by atoms with Crippen molar-refractivity contribution in [2.75, 3.05) is 30.3 Å². The van der Waals surface area contributed by atoms with E-state index < -0.39 is 28.5 Å². The molecule has 0 unspecified atom stereocenters. The van der Waals surface area contributed by atoms with E-state index in [2.05, 4.69) is 5.32 Å². The third-order valence-electron chi connectivity index (χ3n) is 5.32. The summed E-state index contributed by atoms with van der Waals surface area (Å²) in [7, 11) is -3.82. The van der Waals surface area contributed by atoms with Crippen LogP contribution in [0.25, 0.3) is 0 Å². The van der Waals surface area contributed by atoms with Crippen LogP contribution in [0.15, 0.2) is 42.5 Å². The molecule has 2 aromatic carbocycles. The summed E-state index contributed by atoms with van der Waals surface area (Å²) in [6, 6.07) is 10.4. The highest BCUT2D eigenvalue weighted by Crippen LogP contribution is 2.25. The van der Waals surface area contributed by atoms with Gasteiger partial charge in [-0.25, -0.2) is 8.42 Å². The van der Waals surface area contributed by atoms with Crippen molar-refractivity contribution in [3.8, 4) is 5.75 Å². The molecular weight excluding hydrogens is 525 g/mol. The van der Waals surface area contributed by atoms with Gasteiger partial charge < -0.3 is 15.0 Å². The number of anilines is 1. The second-order valence-corrected chi connectivity index (χ2v) is 11.5. The molecule has 198 valence electrons. The predicted octanol–water partition coefficient (Wildman–Crippen LogP) is 4.35. The lowest BCUT2D eigenvalue weighted by molar-refractivity contribution is -0.139. The molecule has 0 aliphatic carbocycles. The van der Waals surface area contributed by atoms with E-state index in [-0.39, 0.29) is 18.4 Å². The summed E-state index contributed by atoms with van der Waals surface area (Å²) in [4.78, 5) is 27.7. The van der Waals surface area contributed by atoms with Gasteiger partial charge in [0, 0.05) is 23.1 Å². The number of rotatable bonds is 12. The first-order valence-corrected chi connectivity index (χ1v) is 14.2. The molecule has 0 spiro atoms. The molecule has 0 fully saturated rings. The number of hydrogen-bond donors (Lipinski definition) is 1. The number of nitrogens with one attached hydrogen (secondary N) is 1. The van der Waals surface area contributed by atoms with Gasteiger partial charge in [-0.1, -0.05) is 43.1 Å². The van der Waals surface area contributed by atoms with Crippen molar-refractivity contribution in [2.45, 2.75) is 40.3 Å². The van der Waals surface area contributed by atoms with Crippen LogP contribution in [0.4, 0.5) is 5.69 Å². The van der Waals surface area contributed by atoms with Crippen molar-refractivity contribution in [1.82, 2.24) is 10.2 Å². The van der Waals surface area contributed by atoms with E-state index in [1.54, 1.807) is 49.4 Å². The maximum absolute atomic E-state index is 13.6. The van der Waals surface area contributed by atoms with E-state index in [9.17, 15) is 18.0 Å². The number of carbonyl (C=O) groups is 2. The lowest BCUT2D eigenvalue weighted by Gasteiger charge is -2.32. The highest BCUT2D eigenvalue weighted by molar-refractivity contribution is 7.92. The molecule has 0 bridgehead atoms. The summed E-state index contributed by atoms with van der Waals surface area (Å²) < 4.78 is 31.7. The molecular formula is C25H33Cl2N3O5S. The Balaban J connectivity index is 2.38. The number of carbonyl (C=O) groups excluding carboxylic acids is 2. The molecule has 1 N–H and O–H groups in total. The highest BCUT2D eigenvalue weighted by atomic mass is 35.5. The van der Waals surface area contributed by atoms with Crippen molar-refractivity contribution >= 4 is 50.7 Å². The van der Waals surface area contributed by atoms with E-state index in [1.165, 1.54) is 4.90 Å². The normalized spacial score (nSPS) is 12.2. The summed E-state index contributed by atoms with van der Waals surface area (Å²) in [5.41, 5.74) is 0.876. The van der Waals surface area contributed by atoms with E-state index in [1.807, 2.05) is 20.8 Å². The average molecular weight is 559 g/mol. The van der Waals surface area contributed by atoms with Gasteiger partial charge in [-0.2, -0.15) is 0 Å². The summed E-state index contributed by atoms with van der Waals surface area (Å²) in [5.74, 6) is -0.117. The molecule has 0 aromatic heterocycles. The van der Waals surface area contributed by atoms with E-state index in [0.717, 1.165) is 10.6 Å². The third kappa shape index (κ3) is 8.57. The Morgan fingerprint density at radius 2 is 1.69 bits per heavy atom. The van der Waals surface area contributed by atoms with Crippen LogP contribution in [-0.2, 0) is 26.2 Å². The van der Waals surface area contributed by atoms with Gasteiger partial charge in [-0.3, -0.25) is 13.9 Å². The number of hydrogen-bond acceptors (Lipinski definition) is 5. The number of halogens is 2. The van der Waals surface area contributed by atoms with Crippen LogP contribution in [0.3, 0.4) is 0 Å². The number of sulfonamides is 1. The Bertz CT molecular complexity index is 1160. The van der Waals surface area contributed by atoms with Crippen molar-refractivity contribution in [1.29, 1.82) is 0 Å². The van der Waals surface area contributed by atoms with Crippen molar-refractivity contribution in [3.05, 3.63) is 58.1 Å². The zero-order chi connectivity index (χ0) is 27.0. The van der Waals surface area contributed by atoms with Gasteiger partial charge in [0.25, 0.3) is 0 Å². The number of nitrogens with zero attached hydrogens (tertiary/aromatic N) is 2. The van der Waals surface area contributed by atoms with Gasteiger partial charge in [-0.15, -0.1) is 0 Å². The summed E-state index contributed by atoms with van der Waals surface area (Å²) >= 11 is 12.3. The van der Waals surface area contributed by atoms with Gasteiger partial charge in [0.05, 0.1) is 18.6 Å². The smallest absolute Gasteiger partial charge is 0.244 e. The summed E-state index contributed by atoms with van der Waals surface area (Å²) in [6.07, 6.45) is 1.02. The summed E-state index contributed by atoms with van der Waals surface area (Å²) in [5, 5.41) is 3.60. The first kappa shape index (κ1) is 29.7. The lowest BCUT2D eigenvalue weighted by Crippen LogP contribution is -2.51. The van der Waals surface area contributed by atoms with Crippen molar-refractivity contribution in [3.63, 3.8) is 0 Å². The van der Waals surface area contributed by atoms with Crippen LogP contribution in [0.2, 0.25) is 10.0 Å². The highest BCUT2D eigenvalue weighted by Gasteiger charge is 2.30. The molecule has 2 rings (SSSR count). The second-order valence-electron chi connectivity index (χ2n) is 8.77. The minimum Gasteiger partial charge on any atom is -0.494 e. The Labute approximate surface area is 223 Å². The average Bonchev–Trinajstić information content (AvgIpc) is 2.80. The van der Waals surface area contributed by atoms with Crippen LogP contribution in [0, 0.1) is 5.92 Å². The fourth-order valence-electron chi connectivity index (χ4n) is 3.36. The standard InChI is InChI=1S/C25H33Cl2N3O5S/c1-6-35-22-11-9-21(10-12-22)30(36(5,33)34)16-24(31)29(18(4)25(32)28-14-17(2)3)15-19-7-8-20(26)13-23(19)27/h7-13,17-18H,6,14-16H2,1-5H3,(H,28,32)/t18-/m0/s1. The zero-order valence-electron chi connectivity index (χ0n) is 21.1. The Morgan fingerprint density at radius 3 is 2.22 bits per heavy atom. The van der Waals surface area contributed by atoms with Gasteiger partial charge in [0.1, 0.15) is 18.3 Å². The van der Waals surface area contributed by atoms with E-state index >= 15 is 0 Å². The monoisotopic (exact) mass is 557 g/mol. The number of benzene rings is 2. The van der Waals surface area contributed by atoms with Crippen LogP contribution in [0.5, 0.6) is 5.75 Å². The summed E-state index contributed by atoms with van der Waals surface area (Å²) in [6.45, 7) is 7.76. The zero-order valence-corrected chi connectivity index (χ0v) is 23.5. The molecule has 0 radical (unpaired) electrons. The molecule has 0 aliphatic heterocycles. The van der Waals surface area contributed by atoms with E-state index in [4.69, 9.17) is 27.9 Å². The number of ether oxygens (including phenoxy) is 1. The van der Waals surface area contributed by atoms with Gasteiger partial charge in [-0.05, 0) is 61.7 Å². The first-order valence-electron chi connectivity index (χ1n) is 11.5. The molecule has 0 saturated heterocycles. The molecule has 36 heavy (non-hydrogen) atoms. The van der Waals surface area contributed by atoms with Crippen molar-refractivity contribution < 1.29 is 22.7 Å². The maximum atomic E-state index is 13.6. The van der Waals surface area contributed by atoms with Gasteiger partial charge >= 0.3 is 0 Å². The van der Waals surface area contributed by atoms with Crippen LogP contribution >= 0.6 is 23.2 Å². The minimum atomic E-state index is -3.82. The van der Waals surface area contributed by atoms with Crippen LogP contribution in [0.1, 0.15) is 33.3 Å². The predicted molar refractivity (Wildman–Crippen MR) is 144 cm³/mol. The molecule has 0 aliphatic rings. The fourth-order valence-corrected chi connectivity index (χ4v) is 4.68. The fraction of sp³-hybridized carbons (Fsp3) is 0.440. The van der Waals surface area contributed by atoms with E-state index in [0.29, 0.717) is 40.2 Å². The molecule has 0 saturated carbocycles. The molecule has 11 heteroatoms. The van der Waals surface area contributed by atoms with Gasteiger partial charge in [0.15, 0.2) is 0 Å². The minimum absolute atomic E-state index is 0.00796. The molecule has 0 heterocycles. The molecule has 2 amide bonds. The SMILES string of the molecule is CCOc1ccc(N(CC(=O)N(Cc2ccc(Cl)cc2Cl)[C@@H](C)C(=O)NCC(C)C)S(C)(=O)=O)cc1. The molecule has 1 atom stereocenters. The van der Waals surface area contributed by atoms with Crippen molar-refractivity contribution in [2.24, 2.45) is 5.92 Å². The van der Waals surface area contributed by atoms with Crippen LogP contribution in [-0.4, -0.2) is 57.1 Å². The van der Waals surface area contributed by atoms with Crippen LogP contribution < -0.4 is 14.4 Å². The Morgan fingerprint density at radius 1 is 1.06 bits per heavy atom. The second kappa shape index (κ2) is 13.2. The Hall–Kier alpha value is -2.49. The molecule has 8 nitrogen and oxygen atoms in total. The first-order chi connectivity index (χ1) is 16.8. The molecule has 2 aromatic rings. The quantitative estimate of drug-likeness (QED) is 0.418. The topological polar surface area (TPSA) is 96.0 Å². The Kier molecular flexibility index (Phi) is 10.9. The lowest BCUT2D eigenvalue weighted by atomic mass is 10.1. The maximum Gasteiger partial charge on any atom is 0.244 e. The number of amides is 2. The largest absolute Gasteiger partial charge is 0.494 e.